The zero-order valence-corrected chi connectivity index (χ0v) is 15.7. The molecule has 0 spiro atoms. The monoisotopic (exact) mass is 384 g/mol. The Morgan fingerprint density at radius 1 is 1.21 bits per heavy atom. The van der Waals surface area contributed by atoms with E-state index in [2.05, 4.69) is 4.98 Å². The minimum Gasteiger partial charge on any atom is -0.504 e. The first kappa shape index (κ1) is 19.2. The highest BCUT2D eigenvalue weighted by Gasteiger charge is 2.27. The molecule has 2 heterocycles. The van der Waals surface area contributed by atoms with Gasteiger partial charge in [-0.15, -0.1) is 0 Å². The maximum Gasteiger partial charge on any atom is 0.306 e. The van der Waals surface area contributed by atoms with Crippen molar-refractivity contribution in [2.24, 2.45) is 0 Å². The lowest BCUT2D eigenvalue weighted by atomic mass is 9.89. The molecule has 1 unspecified atom stereocenters. The largest absolute Gasteiger partial charge is 0.504 e. The fourth-order valence-electron chi connectivity index (χ4n) is 3.09. The quantitative estimate of drug-likeness (QED) is 0.648. The summed E-state index contributed by atoms with van der Waals surface area (Å²) in [5, 5.41) is 20.4. The molecule has 0 aliphatic heterocycles. The summed E-state index contributed by atoms with van der Waals surface area (Å²) in [5.41, 5.74) is 1.13. The molecule has 3 rings (SSSR count). The van der Waals surface area contributed by atoms with Crippen molar-refractivity contribution in [3.05, 3.63) is 63.6 Å². The minimum atomic E-state index is -0.847. The van der Waals surface area contributed by atoms with Crippen molar-refractivity contribution in [1.82, 2.24) is 9.38 Å². The molecule has 0 aliphatic carbocycles. The molecule has 0 saturated heterocycles. The number of aromatic hydroxyl groups is 2. The molecule has 0 saturated carbocycles. The lowest BCUT2D eigenvalue weighted by molar-refractivity contribution is -0.140. The molecule has 2 aromatic heterocycles. The number of aryl methyl sites for hydroxylation is 1. The van der Waals surface area contributed by atoms with E-state index in [1.165, 1.54) is 30.8 Å². The number of methoxy groups -OCH3 is 2. The Morgan fingerprint density at radius 2 is 1.96 bits per heavy atom. The van der Waals surface area contributed by atoms with Gasteiger partial charge in [0, 0.05) is 12.1 Å². The van der Waals surface area contributed by atoms with E-state index in [1.807, 2.05) is 6.92 Å². The molecule has 2 N–H and O–H groups in total. The van der Waals surface area contributed by atoms with Gasteiger partial charge in [-0.05, 0) is 42.3 Å². The molecular weight excluding hydrogens is 364 g/mol. The molecule has 8 heteroatoms. The van der Waals surface area contributed by atoms with Crippen LogP contribution in [0.4, 0.5) is 0 Å². The van der Waals surface area contributed by atoms with Gasteiger partial charge in [-0.3, -0.25) is 14.0 Å². The van der Waals surface area contributed by atoms with Gasteiger partial charge in [0.2, 0.25) is 5.88 Å². The summed E-state index contributed by atoms with van der Waals surface area (Å²) in [5.74, 6) is -1.78. The Kier molecular flexibility index (Phi) is 5.21. The number of esters is 1. The maximum atomic E-state index is 13.1. The van der Waals surface area contributed by atoms with Crippen molar-refractivity contribution >= 4 is 11.6 Å². The Labute approximate surface area is 160 Å². The van der Waals surface area contributed by atoms with E-state index in [1.54, 1.807) is 24.4 Å². The summed E-state index contributed by atoms with van der Waals surface area (Å²) in [6.07, 6.45) is 1.36. The summed E-state index contributed by atoms with van der Waals surface area (Å²) in [6, 6.07) is 7.87. The average Bonchev–Trinajstić information content (AvgIpc) is 2.67. The molecule has 0 aliphatic rings. The highest BCUT2D eigenvalue weighted by molar-refractivity contribution is 5.71. The number of fused-ring (bicyclic) bond motifs is 1. The fraction of sp³-hybridized carbons (Fsp3) is 0.250. The smallest absolute Gasteiger partial charge is 0.306 e. The van der Waals surface area contributed by atoms with Gasteiger partial charge in [0.15, 0.2) is 11.5 Å². The molecule has 28 heavy (non-hydrogen) atoms. The van der Waals surface area contributed by atoms with Gasteiger partial charge in [0.05, 0.1) is 26.2 Å². The molecule has 8 nitrogen and oxygen atoms in total. The third-order valence-electron chi connectivity index (χ3n) is 4.55. The van der Waals surface area contributed by atoms with Crippen molar-refractivity contribution in [2.45, 2.75) is 19.3 Å². The van der Waals surface area contributed by atoms with Crippen molar-refractivity contribution in [1.29, 1.82) is 0 Å². The van der Waals surface area contributed by atoms with Crippen molar-refractivity contribution < 1.29 is 24.5 Å². The number of nitrogens with zero attached hydrogens (tertiary/aromatic N) is 2. The Balaban J connectivity index is 2.25. The number of phenols is 1. The summed E-state index contributed by atoms with van der Waals surface area (Å²) in [7, 11) is 2.63. The van der Waals surface area contributed by atoms with Crippen LogP contribution >= 0.6 is 0 Å². The number of benzene rings is 1. The SMILES string of the molecule is COC(=O)CC(c1ccc(O)c(OC)c1)c1c(O)nc2cc(C)ccn2c1=O. The summed E-state index contributed by atoms with van der Waals surface area (Å²) < 4.78 is 11.2. The lowest BCUT2D eigenvalue weighted by Gasteiger charge is -2.18. The predicted molar refractivity (Wildman–Crippen MR) is 101 cm³/mol. The van der Waals surface area contributed by atoms with Crippen LogP contribution in [0, 0.1) is 6.92 Å². The van der Waals surface area contributed by atoms with Crippen molar-refractivity contribution in [2.75, 3.05) is 14.2 Å². The minimum absolute atomic E-state index is 0.0421. The fourth-order valence-corrected chi connectivity index (χ4v) is 3.09. The van der Waals surface area contributed by atoms with Crippen molar-refractivity contribution in [3.8, 4) is 17.4 Å². The normalized spacial score (nSPS) is 12.0. The predicted octanol–water partition coefficient (Wildman–Crippen LogP) is 2.12. The molecule has 0 radical (unpaired) electrons. The van der Waals surface area contributed by atoms with Crippen LogP contribution in [0.15, 0.2) is 41.3 Å². The zero-order chi connectivity index (χ0) is 20.4. The number of carbonyl (C=O) groups is 1. The summed E-state index contributed by atoms with van der Waals surface area (Å²) >= 11 is 0. The van der Waals surface area contributed by atoms with Gasteiger partial charge in [-0.25, -0.2) is 0 Å². The first-order valence-electron chi connectivity index (χ1n) is 8.51. The van der Waals surface area contributed by atoms with Gasteiger partial charge in [0.1, 0.15) is 5.65 Å². The molecular formula is C20H20N2O6. The van der Waals surface area contributed by atoms with Crippen LogP contribution in [-0.2, 0) is 9.53 Å². The number of carbonyl (C=O) groups excluding carboxylic acids is 1. The van der Waals surface area contributed by atoms with Crippen LogP contribution in [0.1, 0.15) is 29.0 Å². The first-order chi connectivity index (χ1) is 13.3. The topological polar surface area (TPSA) is 110 Å². The number of rotatable bonds is 5. The lowest BCUT2D eigenvalue weighted by Crippen LogP contribution is -2.24. The van der Waals surface area contributed by atoms with Crippen molar-refractivity contribution in [3.63, 3.8) is 0 Å². The standard InChI is InChI=1S/C20H20N2O6/c1-11-6-7-22-16(8-11)21-19(25)18(20(22)26)13(10-17(24)28-3)12-4-5-14(23)15(9-12)27-2/h4-9,13,23,25H,10H2,1-3H3. The van der Waals surface area contributed by atoms with Gasteiger partial charge in [-0.1, -0.05) is 6.07 Å². The number of hydrogen-bond donors (Lipinski definition) is 2. The van der Waals surface area contributed by atoms with Crippen LogP contribution in [-0.4, -0.2) is 39.8 Å². The van der Waals surface area contributed by atoms with E-state index < -0.39 is 23.3 Å². The van der Waals surface area contributed by atoms with Crippen LogP contribution in [0.5, 0.6) is 17.4 Å². The second kappa shape index (κ2) is 7.59. The highest BCUT2D eigenvalue weighted by Crippen LogP contribution is 2.36. The highest BCUT2D eigenvalue weighted by atomic mass is 16.5. The molecule has 0 amide bonds. The van der Waals surface area contributed by atoms with Gasteiger partial charge in [-0.2, -0.15) is 4.98 Å². The number of phenolic OH excluding ortho intramolecular Hbond substituents is 1. The van der Waals surface area contributed by atoms with Gasteiger partial charge >= 0.3 is 5.97 Å². The van der Waals surface area contributed by atoms with Gasteiger partial charge in [0.25, 0.3) is 5.56 Å². The molecule has 3 aromatic rings. The second-order valence-electron chi connectivity index (χ2n) is 6.35. The Hall–Kier alpha value is -3.55. The Bertz CT molecular complexity index is 1110. The summed E-state index contributed by atoms with van der Waals surface area (Å²) in [4.78, 5) is 29.2. The molecule has 146 valence electrons. The van der Waals surface area contributed by atoms with E-state index in [4.69, 9.17) is 9.47 Å². The van der Waals surface area contributed by atoms with E-state index in [0.717, 1.165) is 5.56 Å². The van der Waals surface area contributed by atoms with E-state index in [0.29, 0.717) is 11.2 Å². The second-order valence-corrected chi connectivity index (χ2v) is 6.35. The number of ether oxygens (including phenoxy) is 2. The average molecular weight is 384 g/mol. The molecule has 1 atom stereocenters. The van der Waals surface area contributed by atoms with E-state index in [-0.39, 0.29) is 23.5 Å². The van der Waals surface area contributed by atoms with E-state index in [9.17, 15) is 19.8 Å². The Morgan fingerprint density at radius 3 is 2.64 bits per heavy atom. The number of hydrogen-bond acceptors (Lipinski definition) is 7. The number of pyridine rings is 1. The maximum absolute atomic E-state index is 13.1. The number of aromatic nitrogens is 2. The van der Waals surface area contributed by atoms with Crippen LogP contribution in [0.3, 0.4) is 0 Å². The first-order valence-corrected chi connectivity index (χ1v) is 8.51. The molecule has 0 fully saturated rings. The van der Waals surface area contributed by atoms with Gasteiger partial charge < -0.3 is 19.7 Å². The third kappa shape index (κ3) is 3.48. The van der Waals surface area contributed by atoms with E-state index >= 15 is 0 Å². The molecule has 1 aromatic carbocycles. The van der Waals surface area contributed by atoms with Crippen LogP contribution in [0.25, 0.3) is 5.65 Å². The van der Waals surface area contributed by atoms with Crippen LogP contribution < -0.4 is 10.3 Å². The zero-order valence-electron chi connectivity index (χ0n) is 15.7. The summed E-state index contributed by atoms with van der Waals surface area (Å²) in [6.45, 7) is 1.85. The van der Waals surface area contributed by atoms with Crippen LogP contribution in [0.2, 0.25) is 0 Å². The third-order valence-corrected chi connectivity index (χ3v) is 4.55. The molecule has 0 bridgehead atoms.